The third-order valence-corrected chi connectivity index (χ3v) is 4.30. The highest BCUT2D eigenvalue weighted by Crippen LogP contribution is 2.25. The molecule has 0 aromatic heterocycles. The van der Waals surface area contributed by atoms with Crippen LogP contribution in [0.4, 0.5) is 15.8 Å². The van der Waals surface area contributed by atoms with E-state index in [2.05, 4.69) is 22.8 Å². The molecule has 0 fully saturated rings. The summed E-state index contributed by atoms with van der Waals surface area (Å²) in [5.74, 6) is -0.845. The van der Waals surface area contributed by atoms with Gasteiger partial charge in [-0.15, -0.1) is 0 Å². The molecule has 120 valence electrons. The van der Waals surface area contributed by atoms with Gasteiger partial charge in [-0.1, -0.05) is 17.7 Å². The minimum atomic E-state index is -0.546. The van der Waals surface area contributed by atoms with Gasteiger partial charge >= 0.3 is 0 Å². The number of fused-ring (bicyclic) bond motifs is 1. The molecule has 1 aliphatic carbocycles. The standard InChI is InChI=1S/C18H18ClFN2O/c1-11(18(23)22-17-8-6-14(19)10-16(17)20)21-15-7-5-12-3-2-4-13(12)9-15/h5-11,21H,2-4H2,1H3,(H,22,23)/t11-/m1/s1. The molecule has 23 heavy (non-hydrogen) atoms. The SMILES string of the molecule is C[C@@H](Nc1ccc2c(c1)CCC2)C(=O)Nc1ccc(Cl)cc1F. The molecule has 0 unspecified atom stereocenters. The Morgan fingerprint density at radius 2 is 1.96 bits per heavy atom. The number of benzene rings is 2. The molecule has 3 nitrogen and oxygen atoms in total. The van der Waals surface area contributed by atoms with E-state index in [0.29, 0.717) is 5.02 Å². The van der Waals surface area contributed by atoms with Gasteiger partial charge in [-0.3, -0.25) is 4.79 Å². The summed E-state index contributed by atoms with van der Waals surface area (Å²) in [5, 5.41) is 6.03. The Labute approximate surface area is 139 Å². The molecule has 0 bridgehead atoms. The van der Waals surface area contributed by atoms with Gasteiger partial charge in [0.15, 0.2) is 0 Å². The first kappa shape index (κ1) is 15.8. The molecule has 0 radical (unpaired) electrons. The molecule has 2 aromatic rings. The summed E-state index contributed by atoms with van der Waals surface area (Å²) in [7, 11) is 0. The van der Waals surface area contributed by atoms with E-state index in [1.807, 2.05) is 6.07 Å². The number of carbonyl (C=O) groups excluding carboxylic acids is 1. The topological polar surface area (TPSA) is 41.1 Å². The number of nitrogens with one attached hydrogen (secondary N) is 2. The van der Waals surface area contributed by atoms with E-state index in [1.54, 1.807) is 13.0 Å². The van der Waals surface area contributed by atoms with Gasteiger partial charge in [0.25, 0.3) is 0 Å². The number of aryl methyl sites for hydroxylation is 2. The molecule has 0 heterocycles. The van der Waals surface area contributed by atoms with Crippen LogP contribution in [-0.4, -0.2) is 11.9 Å². The van der Waals surface area contributed by atoms with E-state index in [9.17, 15) is 9.18 Å². The van der Waals surface area contributed by atoms with Crippen LogP contribution < -0.4 is 10.6 Å². The Morgan fingerprint density at radius 3 is 2.74 bits per heavy atom. The second-order valence-electron chi connectivity index (χ2n) is 5.82. The quantitative estimate of drug-likeness (QED) is 0.871. The van der Waals surface area contributed by atoms with Gasteiger partial charge in [-0.05, 0) is 67.6 Å². The highest BCUT2D eigenvalue weighted by atomic mass is 35.5. The molecule has 0 spiro atoms. The predicted molar refractivity (Wildman–Crippen MR) is 91.6 cm³/mol. The van der Waals surface area contributed by atoms with Crippen LogP contribution in [0.2, 0.25) is 5.02 Å². The van der Waals surface area contributed by atoms with Gasteiger partial charge in [0.1, 0.15) is 11.9 Å². The van der Waals surface area contributed by atoms with E-state index in [1.165, 1.54) is 29.7 Å². The number of anilines is 2. The third-order valence-electron chi connectivity index (χ3n) is 4.06. The smallest absolute Gasteiger partial charge is 0.246 e. The monoisotopic (exact) mass is 332 g/mol. The average molecular weight is 333 g/mol. The van der Waals surface area contributed by atoms with E-state index < -0.39 is 11.9 Å². The molecule has 0 saturated carbocycles. The van der Waals surface area contributed by atoms with Crippen molar-refractivity contribution in [3.05, 3.63) is 58.4 Å². The van der Waals surface area contributed by atoms with Crippen LogP contribution in [0.1, 0.15) is 24.5 Å². The van der Waals surface area contributed by atoms with Crippen LogP contribution in [0.15, 0.2) is 36.4 Å². The fraction of sp³-hybridized carbons (Fsp3) is 0.278. The van der Waals surface area contributed by atoms with E-state index in [4.69, 9.17) is 11.6 Å². The fourth-order valence-corrected chi connectivity index (χ4v) is 2.97. The highest BCUT2D eigenvalue weighted by Gasteiger charge is 2.16. The molecule has 2 aromatic carbocycles. The van der Waals surface area contributed by atoms with Crippen molar-refractivity contribution < 1.29 is 9.18 Å². The maximum Gasteiger partial charge on any atom is 0.246 e. The molecule has 5 heteroatoms. The van der Waals surface area contributed by atoms with Crippen molar-refractivity contribution in [3.8, 4) is 0 Å². The lowest BCUT2D eigenvalue weighted by Gasteiger charge is -2.16. The zero-order valence-electron chi connectivity index (χ0n) is 12.8. The molecule has 1 amide bonds. The number of hydrogen-bond acceptors (Lipinski definition) is 2. The van der Waals surface area contributed by atoms with E-state index in [-0.39, 0.29) is 11.6 Å². The minimum Gasteiger partial charge on any atom is -0.374 e. The number of rotatable bonds is 4. The van der Waals surface area contributed by atoms with Crippen molar-refractivity contribution in [2.45, 2.75) is 32.2 Å². The molecule has 1 aliphatic rings. The van der Waals surface area contributed by atoms with E-state index >= 15 is 0 Å². The van der Waals surface area contributed by atoms with Crippen molar-refractivity contribution in [1.29, 1.82) is 0 Å². The molecule has 2 N–H and O–H groups in total. The largest absolute Gasteiger partial charge is 0.374 e. The zero-order chi connectivity index (χ0) is 16.4. The van der Waals surface area contributed by atoms with Crippen LogP contribution >= 0.6 is 11.6 Å². The van der Waals surface area contributed by atoms with Crippen molar-refractivity contribution in [1.82, 2.24) is 0 Å². The van der Waals surface area contributed by atoms with Gasteiger partial charge in [-0.2, -0.15) is 0 Å². The summed E-state index contributed by atoms with van der Waals surface area (Å²) < 4.78 is 13.7. The first-order chi connectivity index (χ1) is 11.0. The number of amides is 1. The van der Waals surface area contributed by atoms with Gasteiger partial charge < -0.3 is 10.6 Å². The molecule has 1 atom stereocenters. The van der Waals surface area contributed by atoms with Crippen LogP contribution in [0.25, 0.3) is 0 Å². The third kappa shape index (κ3) is 3.64. The van der Waals surface area contributed by atoms with Crippen molar-refractivity contribution in [3.63, 3.8) is 0 Å². The normalized spacial score (nSPS) is 14.2. The zero-order valence-corrected chi connectivity index (χ0v) is 13.6. The second kappa shape index (κ2) is 6.59. The van der Waals surface area contributed by atoms with Crippen LogP contribution in [-0.2, 0) is 17.6 Å². The summed E-state index contributed by atoms with van der Waals surface area (Å²) >= 11 is 5.70. The average Bonchev–Trinajstić information content (AvgIpc) is 2.97. The van der Waals surface area contributed by atoms with Gasteiger partial charge in [-0.25, -0.2) is 4.39 Å². The summed E-state index contributed by atoms with van der Waals surface area (Å²) in [6, 6.07) is 9.87. The summed E-state index contributed by atoms with van der Waals surface area (Å²) in [6.45, 7) is 1.75. The van der Waals surface area contributed by atoms with Crippen LogP contribution in [0.5, 0.6) is 0 Å². The fourth-order valence-electron chi connectivity index (χ4n) is 2.81. The van der Waals surface area contributed by atoms with Crippen LogP contribution in [0.3, 0.4) is 0 Å². The number of carbonyl (C=O) groups is 1. The maximum atomic E-state index is 13.7. The lowest BCUT2D eigenvalue weighted by Crippen LogP contribution is -2.32. The molecule has 0 aliphatic heterocycles. The molecule has 0 saturated heterocycles. The molecule has 3 rings (SSSR count). The van der Waals surface area contributed by atoms with Gasteiger partial charge in [0.2, 0.25) is 5.91 Å². The Hall–Kier alpha value is -2.07. The van der Waals surface area contributed by atoms with Crippen molar-refractivity contribution in [2.24, 2.45) is 0 Å². The van der Waals surface area contributed by atoms with Gasteiger partial charge in [0, 0.05) is 10.7 Å². The highest BCUT2D eigenvalue weighted by molar-refractivity contribution is 6.30. The minimum absolute atomic E-state index is 0.127. The first-order valence-electron chi connectivity index (χ1n) is 7.67. The van der Waals surface area contributed by atoms with Crippen molar-refractivity contribution in [2.75, 3.05) is 10.6 Å². The maximum absolute atomic E-state index is 13.7. The Bertz CT molecular complexity index is 748. The summed E-state index contributed by atoms with van der Waals surface area (Å²) in [6.07, 6.45) is 3.40. The Balaban J connectivity index is 1.65. The number of hydrogen-bond donors (Lipinski definition) is 2. The second-order valence-corrected chi connectivity index (χ2v) is 6.25. The van der Waals surface area contributed by atoms with E-state index in [0.717, 1.165) is 18.5 Å². The molecular weight excluding hydrogens is 315 g/mol. The Kier molecular flexibility index (Phi) is 4.53. The number of halogens is 2. The van der Waals surface area contributed by atoms with Gasteiger partial charge in [0.05, 0.1) is 5.69 Å². The van der Waals surface area contributed by atoms with Crippen molar-refractivity contribution >= 4 is 28.9 Å². The first-order valence-corrected chi connectivity index (χ1v) is 8.05. The molecular formula is C18H18ClFN2O. The Morgan fingerprint density at radius 1 is 1.17 bits per heavy atom. The lowest BCUT2D eigenvalue weighted by atomic mass is 10.1. The summed E-state index contributed by atoms with van der Waals surface area (Å²) in [5.41, 5.74) is 3.76. The summed E-state index contributed by atoms with van der Waals surface area (Å²) in [4.78, 5) is 12.2. The lowest BCUT2D eigenvalue weighted by molar-refractivity contribution is -0.116. The van der Waals surface area contributed by atoms with Crippen LogP contribution in [0, 0.1) is 5.82 Å². The predicted octanol–water partition coefficient (Wildman–Crippen LogP) is 4.41.